The molecule has 0 spiro atoms. The molecule has 1 heterocycles. The maximum atomic E-state index is 12.0. The molecule has 0 unspecified atom stereocenters. The third kappa shape index (κ3) is 2.55. The van der Waals surface area contributed by atoms with Crippen molar-refractivity contribution in [1.29, 1.82) is 0 Å². The van der Waals surface area contributed by atoms with Crippen molar-refractivity contribution in [3.05, 3.63) is 40.2 Å². The topological polar surface area (TPSA) is 42.1 Å². The first kappa shape index (κ1) is 12.7. The Morgan fingerprint density at radius 1 is 1.22 bits per heavy atom. The number of rotatable bonds is 5. The molecule has 0 saturated heterocycles. The van der Waals surface area contributed by atoms with Crippen LogP contribution in [0.5, 0.6) is 5.75 Å². The van der Waals surface area contributed by atoms with Gasteiger partial charge in [-0.1, -0.05) is 26.3 Å². The first-order chi connectivity index (χ1) is 8.76. The Morgan fingerprint density at radius 2 is 2.06 bits per heavy atom. The molecule has 0 amide bonds. The molecular weight excluding hydrogens is 226 g/mol. The van der Waals surface area contributed by atoms with Crippen LogP contribution in [0.25, 0.3) is 10.9 Å². The van der Waals surface area contributed by atoms with Crippen LogP contribution >= 0.6 is 0 Å². The number of pyridine rings is 1. The van der Waals surface area contributed by atoms with E-state index in [1.807, 2.05) is 18.2 Å². The first-order valence-electron chi connectivity index (χ1n) is 6.54. The van der Waals surface area contributed by atoms with Crippen LogP contribution in [0.1, 0.15) is 32.4 Å². The van der Waals surface area contributed by atoms with Gasteiger partial charge in [0.2, 0.25) is 0 Å². The van der Waals surface area contributed by atoms with Gasteiger partial charge in [-0.3, -0.25) is 4.79 Å². The second kappa shape index (κ2) is 5.71. The van der Waals surface area contributed by atoms with E-state index in [4.69, 9.17) is 4.74 Å². The number of H-pyrrole nitrogens is 1. The Hall–Kier alpha value is -1.77. The third-order valence-electron chi connectivity index (χ3n) is 2.86. The molecule has 0 saturated carbocycles. The van der Waals surface area contributed by atoms with Crippen LogP contribution in [0, 0.1) is 0 Å². The maximum absolute atomic E-state index is 12.0. The highest BCUT2D eigenvalue weighted by molar-refractivity contribution is 5.84. The summed E-state index contributed by atoms with van der Waals surface area (Å²) in [5.41, 5.74) is 1.86. The largest absolute Gasteiger partial charge is 0.491 e. The zero-order chi connectivity index (χ0) is 13.0. The number of para-hydroxylation sites is 1. The lowest BCUT2D eigenvalue weighted by Crippen LogP contribution is -2.07. The van der Waals surface area contributed by atoms with Gasteiger partial charge < -0.3 is 9.72 Å². The minimum Gasteiger partial charge on any atom is -0.491 e. The SMILES string of the molecule is CCCOc1cccc2c(=O)cc(CCC)[nH]c12. The van der Waals surface area contributed by atoms with Gasteiger partial charge in [0.1, 0.15) is 5.75 Å². The summed E-state index contributed by atoms with van der Waals surface area (Å²) in [4.78, 5) is 15.3. The minimum atomic E-state index is 0.0640. The van der Waals surface area contributed by atoms with E-state index >= 15 is 0 Å². The zero-order valence-corrected chi connectivity index (χ0v) is 11.0. The van der Waals surface area contributed by atoms with E-state index < -0.39 is 0 Å². The number of ether oxygens (including phenoxy) is 1. The number of aromatic amines is 1. The van der Waals surface area contributed by atoms with Gasteiger partial charge in [0.15, 0.2) is 5.43 Å². The Balaban J connectivity index is 2.54. The smallest absolute Gasteiger partial charge is 0.189 e. The molecule has 1 aromatic carbocycles. The predicted molar refractivity (Wildman–Crippen MR) is 74.3 cm³/mol. The molecule has 3 nitrogen and oxygen atoms in total. The molecule has 0 atom stereocenters. The fraction of sp³-hybridized carbons (Fsp3) is 0.400. The molecular formula is C15H19NO2. The van der Waals surface area contributed by atoms with Crippen molar-refractivity contribution in [2.24, 2.45) is 0 Å². The van der Waals surface area contributed by atoms with Gasteiger partial charge >= 0.3 is 0 Å². The first-order valence-corrected chi connectivity index (χ1v) is 6.54. The van der Waals surface area contributed by atoms with Gasteiger partial charge in [-0.25, -0.2) is 0 Å². The normalized spacial score (nSPS) is 10.8. The maximum Gasteiger partial charge on any atom is 0.189 e. The van der Waals surface area contributed by atoms with Crippen LogP contribution < -0.4 is 10.2 Å². The summed E-state index contributed by atoms with van der Waals surface area (Å²) in [5, 5.41) is 0.698. The number of aromatic nitrogens is 1. The molecule has 1 aromatic heterocycles. The number of fused-ring (bicyclic) bond motifs is 1. The van der Waals surface area contributed by atoms with Gasteiger partial charge in [0.05, 0.1) is 12.1 Å². The molecule has 0 fully saturated rings. The van der Waals surface area contributed by atoms with Crippen molar-refractivity contribution < 1.29 is 4.74 Å². The molecule has 0 radical (unpaired) electrons. The number of benzene rings is 1. The molecule has 0 bridgehead atoms. The summed E-state index contributed by atoms with van der Waals surface area (Å²) in [6, 6.07) is 7.30. The summed E-state index contributed by atoms with van der Waals surface area (Å²) in [6.45, 7) is 4.83. The molecule has 96 valence electrons. The number of hydrogen-bond donors (Lipinski definition) is 1. The Labute approximate surface area is 107 Å². The van der Waals surface area contributed by atoms with E-state index in [2.05, 4.69) is 18.8 Å². The molecule has 2 aromatic rings. The van der Waals surface area contributed by atoms with Crippen molar-refractivity contribution >= 4 is 10.9 Å². The summed E-state index contributed by atoms with van der Waals surface area (Å²) < 4.78 is 5.69. The Morgan fingerprint density at radius 3 is 2.78 bits per heavy atom. The third-order valence-corrected chi connectivity index (χ3v) is 2.86. The molecule has 2 rings (SSSR count). The number of aryl methyl sites for hydroxylation is 1. The molecule has 3 heteroatoms. The molecule has 18 heavy (non-hydrogen) atoms. The molecule has 0 aliphatic carbocycles. The van der Waals surface area contributed by atoms with E-state index in [-0.39, 0.29) is 5.43 Å². The van der Waals surface area contributed by atoms with Crippen molar-refractivity contribution in [3.63, 3.8) is 0 Å². The summed E-state index contributed by atoms with van der Waals surface area (Å²) in [6.07, 6.45) is 2.85. The summed E-state index contributed by atoms with van der Waals surface area (Å²) >= 11 is 0. The second-order valence-corrected chi connectivity index (χ2v) is 4.44. The van der Waals surface area contributed by atoms with E-state index in [9.17, 15) is 4.79 Å². The van der Waals surface area contributed by atoms with Crippen LogP contribution in [0.4, 0.5) is 0 Å². The van der Waals surface area contributed by atoms with Crippen LogP contribution in [0.3, 0.4) is 0 Å². The molecule has 1 N–H and O–H groups in total. The van der Waals surface area contributed by atoms with Gasteiger partial charge in [-0.05, 0) is 25.0 Å². The standard InChI is InChI=1S/C15H19NO2/c1-3-6-11-10-13(17)12-7-5-8-14(15(12)16-11)18-9-4-2/h5,7-8,10H,3-4,6,9H2,1-2H3,(H,16,17). The van der Waals surface area contributed by atoms with E-state index in [1.54, 1.807) is 6.07 Å². The number of nitrogens with one attached hydrogen (secondary N) is 1. The average Bonchev–Trinajstić information content (AvgIpc) is 2.37. The van der Waals surface area contributed by atoms with Crippen molar-refractivity contribution in [2.45, 2.75) is 33.1 Å². The highest BCUT2D eigenvalue weighted by atomic mass is 16.5. The second-order valence-electron chi connectivity index (χ2n) is 4.44. The fourth-order valence-corrected chi connectivity index (χ4v) is 2.03. The number of hydrogen-bond acceptors (Lipinski definition) is 2. The monoisotopic (exact) mass is 245 g/mol. The van der Waals surface area contributed by atoms with Gasteiger partial charge in [-0.2, -0.15) is 0 Å². The average molecular weight is 245 g/mol. The minimum absolute atomic E-state index is 0.0640. The lowest BCUT2D eigenvalue weighted by Gasteiger charge is -2.09. The van der Waals surface area contributed by atoms with Crippen molar-refractivity contribution in [2.75, 3.05) is 6.61 Å². The van der Waals surface area contributed by atoms with E-state index in [1.165, 1.54) is 0 Å². The van der Waals surface area contributed by atoms with Gasteiger partial charge in [0, 0.05) is 17.1 Å². The van der Waals surface area contributed by atoms with Crippen LogP contribution in [0.15, 0.2) is 29.1 Å². The van der Waals surface area contributed by atoms with E-state index in [0.29, 0.717) is 12.0 Å². The van der Waals surface area contributed by atoms with Crippen molar-refractivity contribution in [1.82, 2.24) is 4.98 Å². The van der Waals surface area contributed by atoms with Crippen LogP contribution in [-0.2, 0) is 6.42 Å². The van der Waals surface area contributed by atoms with Crippen LogP contribution in [0.2, 0.25) is 0 Å². The Kier molecular flexibility index (Phi) is 4.03. The quantitative estimate of drug-likeness (QED) is 0.878. The van der Waals surface area contributed by atoms with Crippen LogP contribution in [-0.4, -0.2) is 11.6 Å². The Bertz CT molecular complexity index is 587. The zero-order valence-electron chi connectivity index (χ0n) is 11.0. The summed E-state index contributed by atoms with van der Waals surface area (Å²) in [5.74, 6) is 0.768. The van der Waals surface area contributed by atoms with Gasteiger partial charge in [-0.15, -0.1) is 0 Å². The summed E-state index contributed by atoms with van der Waals surface area (Å²) in [7, 11) is 0. The van der Waals surface area contributed by atoms with E-state index in [0.717, 1.165) is 36.2 Å². The van der Waals surface area contributed by atoms with Crippen molar-refractivity contribution in [3.8, 4) is 5.75 Å². The highest BCUT2D eigenvalue weighted by Gasteiger charge is 2.06. The highest BCUT2D eigenvalue weighted by Crippen LogP contribution is 2.22. The van der Waals surface area contributed by atoms with Gasteiger partial charge in [0.25, 0.3) is 0 Å². The predicted octanol–water partition coefficient (Wildman–Crippen LogP) is 3.27. The lowest BCUT2D eigenvalue weighted by atomic mass is 10.1. The fourth-order valence-electron chi connectivity index (χ4n) is 2.03. The lowest BCUT2D eigenvalue weighted by molar-refractivity contribution is 0.320. The molecule has 0 aliphatic rings. The molecule has 0 aliphatic heterocycles.